The van der Waals surface area contributed by atoms with Crippen LogP contribution >= 0.6 is 0 Å². The Hall–Kier alpha value is -1.68. The summed E-state index contributed by atoms with van der Waals surface area (Å²) in [6.07, 6.45) is 1.72. The summed E-state index contributed by atoms with van der Waals surface area (Å²) in [5.41, 5.74) is 8.00. The molecule has 0 saturated carbocycles. The molecule has 17 heavy (non-hydrogen) atoms. The van der Waals surface area contributed by atoms with E-state index in [-0.39, 0.29) is 0 Å². The van der Waals surface area contributed by atoms with Crippen LogP contribution in [-0.2, 0) is 19.9 Å². The SMILES string of the molecule is CCc1nc(-c2ccccc2CCN)n(C)n1. The molecule has 0 atom stereocenters. The second-order valence-electron chi connectivity index (χ2n) is 4.02. The summed E-state index contributed by atoms with van der Waals surface area (Å²) in [7, 11) is 1.93. The minimum atomic E-state index is 0.648. The van der Waals surface area contributed by atoms with Crippen molar-refractivity contribution < 1.29 is 0 Å². The molecular formula is C13H18N4. The lowest BCUT2D eigenvalue weighted by molar-refractivity contribution is 0.751. The molecule has 0 unspecified atom stereocenters. The van der Waals surface area contributed by atoms with Crippen LogP contribution in [0.4, 0.5) is 0 Å². The van der Waals surface area contributed by atoms with Crippen LogP contribution in [-0.4, -0.2) is 21.3 Å². The fourth-order valence-electron chi connectivity index (χ4n) is 1.93. The summed E-state index contributed by atoms with van der Waals surface area (Å²) >= 11 is 0. The third-order valence-corrected chi connectivity index (χ3v) is 2.80. The molecule has 90 valence electrons. The van der Waals surface area contributed by atoms with Crippen LogP contribution in [0, 0.1) is 0 Å². The zero-order valence-corrected chi connectivity index (χ0v) is 10.3. The van der Waals surface area contributed by atoms with Gasteiger partial charge in [0, 0.05) is 19.0 Å². The molecule has 0 fully saturated rings. The molecule has 0 spiro atoms. The fourth-order valence-corrected chi connectivity index (χ4v) is 1.93. The molecule has 1 aromatic carbocycles. The molecular weight excluding hydrogens is 212 g/mol. The minimum absolute atomic E-state index is 0.648. The number of aromatic nitrogens is 3. The molecule has 2 N–H and O–H groups in total. The number of hydrogen-bond acceptors (Lipinski definition) is 3. The number of benzene rings is 1. The van der Waals surface area contributed by atoms with Gasteiger partial charge in [0.1, 0.15) is 0 Å². The van der Waals surface area contributed by atoms with Crippen molar-refractivity contribution in [2.45, 2.75) is 19.8 Å². The highest BCUT2D eigenvalue weighted by molar-refractivity contribution is 5.60. The Kier molecular flexibility index (Phi) is 3.54. The first kappa shape index (κ1) is 11.8. The summed E-state index contributed by atoms with van der Waals surface area (Å²) in [5.74, 6) is 1.80. The number of aryl methyl sites for hydroxylation is 2. The molecule has 2 rings (SSSR count). The van der Waals surface area contributed by atoms with E-state index in [1.807, 2.05) is 23.9 Å². The predicted molar refractivity (Wildman–Crippen MR) is 68.6 cm³/mol. The van der Waals surface area contributed by atoms with Crippen molar-refractivity contribution in [1.82, 2.24) is 14.8 Å². The highest BCUT2D eigenvalue weighted by Crippen LogP contribution is 2.21. The number of hydrogen-bond donors (Lipinski definition) is 1. The van der Waals surface area contributed by atoms with Crippen LogP contribution < -0.4 is 5.73 Å². The van der Waals surface area contributed by atoms with Crippen LogP contribution in [0.5, 0.6) is 0 Å². The largest absolute Gasteiger partial charge is 0.330 e. The lowest BCUT2D eigenvalue weighted by atomic mass is 10.0. The third kappa shape index (κ3) is 2.36. The molecule has 0 aliphatic rings. The van der Waals surface area contributed by atoms with Gasteiger partial charge in [0.25, 0.3) is 0 Å². The zero-order valence-electron chi connectivity index (χ0n) is 10.3. The Bertz CT molecular complexity index is 502. The van der Waals surface area contributed by atoms with E-state index in [1.54, 1.807) is 0 Å². The summed E-state index contributed by atoms with van der Waals surface area (Å²) in [6, 6.07) is 8.23. The molecule has 2 aromatic rings. The van der Waals surface area contributed by atoms with Crippen molar-refractivity contribution >= 4 is 0 Å². The van der Waals surface area contributed by atoms with Crippen molar-refractivity contribution in [3.63, 3.8) is 0 Å². The van der Waals surface area contributed by atoms with E-state index >= 15 is 0 Å². The van der Waals surface area contributed by atoms with E-state index < -0.39 is 0 Å². The van der Waals surface area contributed by atoms with Gasteiger partial charge in [-0.05, 0) is 18.5 Å². The smallest absolute Gasteiger partial charge is 0.158 e. The first-order valence-corrected chi connectivity index (χ1v) is 5.94. The molecule has 4 nitrogen and oxygen atoms in total. The summed E-state index contributed by atoms with van der Waals surface area (Å²) < 4.78 is 1.84. The molecule has 0 aliphatic heterocycles. The quantitative estimate of drug-likeness (QED) is 0.867. The van der Waals surface area contributed by atoms with E-state index in [0.717, 1.165) is 30.1 Å². The average Bonchev–Trinajstić information content (AvgIpc) is 2.72. The molecule has 0 amide bonds. The normalized spacial score (nSPS) is 10.8. The molecule has 0 saturated heterocycles. The van der Waals surface area contributed by atoms with Crippen LogP contribution in [0.1, 0.15) is 18.3 Å². The average molecular weight is 230 g/mol. The molecule has 1 aromatic heterocycles. The van der Waals surface area contributed by atoms with Gasteiger partial charge in [-0.1, -0.05) is 31.2 Å². The molecule has 0 radical (unpaired) electrons. The van der Waals surface area contributed by atoms with Gasteiger partial charge in [-0.3, -0.25) is 0 Å². The van der Waals surface area contributed by atoms with Crippen LogP contribution in [0.2, 0.25) is 0 Å². The molecule has 0 bridgehead atoms. The minimum Gasteiger partial charge on any atom is -0.330 e. The van der Waals surface area contributed by atoms with Crippen LogP contribution in [0.3, 0.4) is 0 Å². The van der Waals surface area contributed by atoms with Crippen molar-refractivity contribution in [3.8, 4) is 11.4 Å². The van der Waals surface area contributed by atoms with Crippen molar-refractivity contribution in [2.75, 3.05) is 6.54 Å². The van der Waals surface area contributed by atoms with Gasteiger partial charge in [-0.15, -0.1) is 0 Å². The number of nitrogens with two attached hydrogens (primary N) is 1. The maximum absolute atomic E-state index is 5.63. The Labute approximate surface area is 101 Å². The van der Waals surface area contributed by atoms with Crippen LogP contribution in [0.25, 0.3) is 11.4 Å². The van der Waals surface area contributed by atoms with Gasteiger partial charge < -0.3 is 5.73 Å². The third-order valence-electron chi connectivity index (χ3n) is 2.80. The van der Waals surface area contributed by atoms with Crippen molar-refractivity contribution in [1.29, 1.82) is 0 Å². The van der Waals surface area contributed by atoms with Gasteiger partial charge in [0.05, 0.1) is 0 Å². The van der Waals surface area contributed by atoms with E-state index in [0.29, 0.717) is 6.54 Å². The standard InChI is InChI=1S/C13H18N4/c1-3-12-15-13(17(2)16-12)11-7-5-4-6-10(11)8-9-14/h4-7H,3,8-9,14H2,1-2H3. The summed E-state index contributed by atoms with van der Waals surface area (Å²) in [5, 5.41) is 4.38. The van der Waals surface area contributed by atoms with Gasteiger partial charge in [0.15, 0.2) is 11.6 Å². The molecule has 4 heteroatoms. The maximum Gasteiger partial charge on any atom is 0.158 e. The lowest BCUT2D eigenvalue weighted by Crippen LogP contribution is -2.05. The van der Waals surface area contributed by atoms with Crippen LogP contribution in [0.15, 0.2) is 24.3 Å². The second-order valence-corrected chi connectivity index (χ2v) is 4.02. The van der Waals surface area contributed by atoms with E-state index in [9.17, 15) is 0 Å². The zero-order chi connectivity index (χ0) is 12.3. The first-order chi connectivity index (χ1) is 8.26. The first-order valence-electron chi connectivity index (χ1n) is 5.94. The monoisotopic (exact) mass is 230 g/mol. The fraction of sp³-hybridized carbons (Fsp3) is 0.385. The number of nitrogens with zero attached hydrogens (tertiary/aromatic N) is 3. The summed E-state index contributed by atoms with van der Waals surface area (Å²) in [6.45, 7) is 2.71. The van der Waals surface area contributed by atoms with Gasteiger partial charge >= 0.3 is 0 Å². The van der Waals surface area contributed by atoms with E-state index in [4.69, 9.17) is 5.73 Å². The Morgan fingerprint density at radius 3 is 2.71 bits per heavy atom. The van der Waals surface area contributed by atoms with Gasteiger partial charge in [0.2, 0.25) is 0 Å². The Morgan fingerprint density at radius 1 is 1.29 bits per heavy atom. The highest BCUT2D eigenvalue weighted by atomic mass is 15.3. The highest BCUT2D eigenvalue weighted by Gasteiger charge is 2.11. The lowest BCUT2D eigenvalue weighted by Gasteiger charge is -2.07. The van der Waals surface area contributed by atoms with Gasteiger partial charge in [-0.25, -0.2) is 9.67 Å². The predicted octanol–water partition coefficient (Wildman–Crippen LogP) is 1.55. The number of rotatable bonds is 4. The van der Waals surface area contributed by atoms with Crippen molar-refractivity contribution in [2.24, 2.45) is 12.8 Å². The second kappa shape index (κ2) is 5.10. The van der Waals surface area contributed by atoms with Crippen molar-refractivity contribution in [3.05, 3.63) is 35.7 Å². The van der Waals surface area contributed by atoms with Gasteiger partial charge in [-0.2, -0.15) is 5.10 Å². The molecule has 1 heterocycles. The molecule has 0 aliphatic carbocycles. The van der Waals surface area contributed by atoms with E-state index in [2.05, 4.69) is 29.1 Å². The topological polar surface area (TPSA) is 56.7 Å². The Balaban J connectivity index is 2.47. The summed E-state index contributed by atoms with van der Waals surface area (Å²) in [4.78, 5) is 4.55. The van der Waals surface area contributed by atoms with E-state index in [1.165, 1.54) is 5.56 Å². The maximum atomic E-state index is 5.63. The Morgan fingerprint density at radius 2 is 2.06 bits per heavy atom.